The number of anilines is 2. The van der Waals surface area contributed by atoms with E-state index in [1.807, 2.05) is 0 Å². The molecule has 0 fully saturated rings. The fourth-order valence-corrected chi connectivity index (χ4v) is 2.65. The van der Waals surface area contributed by atoms with Crippen LogP contribution in [0.25, 0.3) is 22.4 Å². The highest BCUT2D eigenvalue weighted by Crippen LogP contribution is 2.37. The Labute approximate surface area is 172 Å². The largest absolute Gasteiger partial charge is 0.573 e. The van der Waals surface area contributed by atoms with Crippen molar-refractivity contribution < 1.29 is 35.7 Å². The highest BCUT2D eigenvalue weighted by Gasteiger charge is 2.34. The second-order valence-electron chi connectivity index (χ2n) is 6.16. The number of H-pyrrole nitrogens is 1. The van der Waals surface area contributed by atoms with Crippen LogP contribution in [-0.4, -0.2) is 31.6 Å². The minimum atomic E-state index is -5.06. The number of aromatic amines is 1. The zero-order chi connectivity index (χ0) is 23.1. The van der Waals surface area contributed by atoms with Gasteiger partial charge in [-0.25, -0.2) is 4.63 Å². The van der Waals surface area contributed by atoms with E-state index in [4.69, 9.17) is 0 Å². The van der Waals surface area contributed by atoms with E-state index in [0.717, 1.165) is 30.5 Å². The molecule has 15 heteroatoms. The van der Waals surface area contributed by atoms with Crippen molar-refractivity contribution in [2.24, 2.45) is 0 Å². The molecule has 3 aromatic heterocycles. The Bertz CT molecular complexity index is 1330. The number of ether oxygens (including phenoxy) is 1. The summed E-state index contributed by atoms with van der Waals surface area (Å²) in [6.07, 6.45) is -9.04. The van der Waals surface area contributed by atoms with E-state index in [-0.39, 0.29) is 33.9 Å². The van der Waals surface area contributed by atoms with E-state index >= 15 is 0 Å². The van der Waals surface area contributed by atoms with Crippen LogP contribution in [0.5, 0.6) is 5.75 Å². The number of rotatable bonds is 4. The molecule has 0 saturated carbocycles. The summed E-state index contributed by atoms with van der Waals surface area (Å²) in [5.74, 6) is -0.975. The van der Waals surface area contributed by atoms with E-state index in [2.05, 4.69) is 39.9 Å². The first kappa shape index (κ1) is 21.1. The fraction of sp³-hybridized carbons (Fsp3) is 0.118. The number of benzene rings is 1. The molecule has 0 aliphatic heterocycles. The molecule has 4 aromatic rings. The van der Waals surface area contributed by atoms with Crippen molar-refractivity contribution in [1.29, 1.82) is 0 Å². The highest BCUT2D eigenvalue weighted by molar-refractivity contribution is 5.76. The number of pyridine rings is 1. The first-order valence-electron chi connectivity index (χ1n) is 8.43. The first-order chi connectivity index (χ1) is 15.0. The molecule has 166 valence electrons. The quantitative estimate of drug-likeness (QED) is 0.440. The molecule has 0 saturated heterocycles. The molecular weight excluding hydrogens is 450 g/mol. The highest BCUT2D eigenvalue weighted by atomic mass is 19.4. The third-order valence-corrected chi connectivity index (χ3v) is 3.97. The Morgan fingerprint density at radius 2 is 1.81 bits per heavy atom. The summed E-state index contributed by atoms with van der Waals surface area (Å²) >= 11 is 0. The van der Waals surface area contributed by atoms with Crippen molar-refractivity contribution in [2.45, 2.75) is 12.5 Å². The Hall–Kier alpha value is -4.17. The predicted octanol–water partition coefficient (Wildman–Crippen LogP) is 4.03. The molecule has 0 amide bonds. The summed E-state index contributed by atoms with van der Waals surface area (Å²) < 4.78 is 85.0. The molecular formula is C17H8F6N6O3. The van der Waals surface area contributed by atoms with Gasteiger partial charge in [0.1, 0.15) is 11.4 Å². The number of nitrogens with zero attached hydrogens (tertiary/aromatic N) is 4. The SMILES string of the molecule is O=c1[nH]c2nonc2nc1Nc1ccc(OC(F)(F)F)c(-c2ccc(C(F)(F)F)nc2)c1. The molecule has 0 aliphatic rings. The number of fused-ring (bicyclic) bond motifs is 1. The second kappa shape index (κ2) is 7.51. The molecule has 9 nitrogen and oxygen atoms in total. The molecule has 0 radical (unpaired) electrons. The predicted molar refractivity (Wildman–Crippen MR) is 94.9 cm³/mol. The second-order valence-corrected chi connectivity index (χ2v) is 6.16. The molecule has 0 atom stereocenters. The van der Waals surface area contributed by atoms with Gasteiger partial charge < -0.3 is 10.1 Å². The van der Waals surface area contributed by atoms with Gasteiger partial charge in [0.2, 0.25) is 11.3 Å². The standard InChI is InChI=1S/C17H8F6N6O3/c18-16(19,20)11-4-1-7(6-24-11)9-5-8(2-3-10(9)31-17(21,22)23)25-14-15(30)27-13-12(26-14)28-32-29-13/h1-6H,(H,25,26,28)(H,27,29,30). The van der Waals surface area contributed by atoms with Crippen molar-refractivity contribution >= 4 is 22.8 Å². The van der Waals surface area contributed by atoms with Gasteiger partial charge in [-0.3, -0.25) is 14.8 Å². The van der Waals surface area contributed by atoms with Gasteiger partial charge >= 0.3 is 12.5 Å². The van der Waals surface area contributed by atoms with Crippen LogP contribution in [0.2, 0.25) is 0 Å². The zero-order valence-electron chi connectivity index (χ0n) is 15.2. The third kappa shape index (κ3) is 4.45. The molecule has 2 N–H and O–H groups in total. The van der Waals surface area contributed by atoms with Crippen molar-refractivity contribution in [3.05, 3.63) is 52.6 Å². The lowest BCUT2D eigenvalue weighted by molar-refractivity contribution is -0.274. The normalized spacial score (nSPS) is 12.2. The number of hydrogen-bond acceptors (Lipinski definition) is 8. The lowest BCUT2D eigenvalue weighted by Crippen LogP contribution is -2.18. The summed E-state index contributed by atoms with van der Waals surface area (Å²) in [7, 11) is 0. The summed E-state index contributed by atoms with van der Waals surface area (Å²) in [5, 5.41) is 9.46. The molecule has 4 rings (SSSR count). The zero-order valence-corrected chi connectivity index (χ0v) is 15.2. The summed E-state index contributed by atoms with van der Waals surface area (Å²) in [5.41, 5.74) is -2.29. The Kier molecular flexibility index (Phi) is 4.94. The van der Waals surface area contributed by atoms with E-state index in [0.29, 0.717) is 6.07 Å². The fourth-order valence-electron chi connectivity index (χ4n) is 2.65. The lowest BCUT2D eigenvalue weighted by atomic mass is 10.1. The van der Waals surface area contributed by atoms with Crippen molar-refractivity contribution in [2.75, 3.05) is 5.32 Å². The van der Waals surface area contributed by atoms with E-state index in [1.54, 1.807) is 0 Å². The van der Waals surface area contributed by atoms with Gasteiger partial charge in [-0.05, 0) is 34.6 Å². The van der Waals surface area contributed by atoms with Crippen molar-refractivity contribution in [3.63, 3.8) is 0 Å². The van der Waals surface area contributed by atoms with Crippen LogP contribution in [0.4, 0.5) is 37.8 Å². The van der Waals surface area contributed by atoms with Gasteiger partial charge in [-0.15, -0.1) is 13.2 Å². The van der Waals surface area contributed by atoms with Crippen LogP contribution in [0.3, 0.4) is 0 Å². The van der Waals surface area contributed by atoms with Gasteiger partial charge in [0.15, 0.2) is 5.82 Å². The summed E-state index contributed by atoms with van der Waals surface area (Å²) in [6.45, 7) is 0. The number of halogens is 6. The van der Waals surface area contributed by atoms with E-state index in [1.165, 1.54) is 0 Å². The van der Waals surface area contributed by atoms with Crippen LogP contribution in [-0.2, 0) is 6.18 Å². The van der Waals surface area contributed by atoms with Crippen molar-refractivity contribution in [3.8, 4) is 16.9 Å². The maximum atomic E-state index is 12.8. The molecule has 32 heavy (non-hydrogen) atoms. The molecule has 0 aliphatic carbocycles. The maximum absolute atomic E-state index is 12.8. The van der Waals surface area contributed by atoms with Gasteiger partial charge in [0.25, 0.3) is 5.56 Å². The van der Waals surface area contributed by atoms with E-state index < -0.39 is 29.5 Å². The Balaban J connectivity index is 1.75. The van der Waals surface area contributed by atoms with E-state index in [9.17, 15) is 31.1 Å². The number of nitrogens with one attached hydrogen (secondary N) is 2. The summed E-state index contributed by atoms with van der Waals surface area (Å²) in [4.78, 5) is 21.6. The van der Waals surface area contributed by atoms with Gasteiger partial charge in [-0.1, -0.05) is 6.07 Å². The minimum Gasteiger partial charge on any atom is -0.405 e. The number of aromatic nitrogens is 5. The van der Waals surface area contributed by atoms with Crippen LogP contribution in [0.15, 0.2) is 46.0 Å². The topological polar surface area (TPSA) is 119 Å². The molecule has 1 aromatic carbocycles. The minimum absolute atomic E-state index is 0.0222. The van der Waals surface area contributed by atoms with Gasteiger partial charge in [-0.2, -0.15) is 18.2 Å². The average molecular weight is 458 g/mol. The van der Waals surface area contributed by atoms with Crippen molar-refractivity contribution in [1.82, 2.24) is 25.3 Å². The lowest BCUT2D eigenvalue weighted by Gasteiger charge is -2.15. The van der Waals surface area contributed by atoms with Gasteiger partial charge in [0, 0.05) is 23.0 Å². The molecule has 0 bridgehead atoms. The molecule has 0 unspecified atom stereocenters. The summed E-state index contributed by atoms with van der Waals surface area (Å²) in [6, 6.07) is 4.75. The van der Waals surface area contributed by atoms with Crippen LogP contribution in [0.1, 0.15) is 5.69 Å². The smallest absolute Gasteiger partial charge is 0.405 e. The number of hydrogen-bond donors (Lipinski definition) is 2. The first-order valence-corrected chi connectivity index (χ1v) is 8.43. The Morgan fingerprint density at radius 1 is 1.03 bits per heavy atom. The molecule has 3 heterocycles. The number of alkyl halides is 6. The monoisotopic (exact) mass is 458 g/mol. The van der Waals surface area contributed by atoms with Gasteiger partial charge in [0.05, 0.1) is 0 Å². The average Bonchev–Trinajstić information content (AvgIpc) is 3.15. The van der Waals surface area contributed by atoms with Crippen LogP contribution in [0, 0.1) is 0 Å². The Morgan fingerprint density at radius 3 is 2.47 bits per heavy atom. The maximum Gasteiger partial charge on any atom is 0.573 e. The van der Waals surface area contributed by atoms with Crippen LogP contribution < -0.4 is 15.6 Å². The molecule has 0 spiro atoms. The third-order valence-electron chi connectivity index (χ3n) is 3.97. The van der Waals surface area contributed by atoms with Crippen LogP contribution >= 0.6 is 0 Å².